The van der Waals surface area contributed by atoms with Crippen LogP contribution in [0.5, 0.6) is 0 Å². The van der Waals surface area contributed by atoms with E-state index in [9.17, 15) is 24.6 Å². The molecule has 3 atom stereocenters. The number of amides is 1. The fourth-order valence-electron chi connectivity index (χ4n) is 0.858. The van der Waals surface area contributed by atoms with Gasteiger partial charge < -0.3 is 36.0 Å². The molecule has 0 radical (unpaired) electrons. The Kier molecular flexibility index (Phi) is 5.40. The first-order valence-corrected chi connectivity index (χ1v) is 4.48. The Labute approximate surface area is 91.1 Å². The minimum Gasteiger partial charge on any atom is -0.550 e. The third-order valence-electron chi connectivity index (χ3n) is 1.89. The lowest BCUT2D eigenvalue weighted by Crippen LogP contribution is -2.73. The first-order valence-electron chi connectivity index (χ1n) is 4.48. The first-order chi connectivity index (χ1) is 7.25. The van der Waals surface area contributed by atoms with E-state index in [-0.39, 0.29) is 0 Å². The lowest BCUT2D eigenvalue weighted by atomic mass is 10.1. The highest BCUT2D eigenvalue weighted by atomic mass is 16.4. The van der Waals surface area contributed by atoms with Crippen molar-refractivity contribution >= 4 is 17.8 Å². The fraction of sp³-hybridized carbons (Fsp3) is 0.625. The lowest BCUT2D eigenvalue weighted by molar-refractivity contribution is -0.419. The van der Waals surface area contributed by atoms with Gasteiger partial charge in [0.2, 0.25) is 0 Å². The molecule has 8 heteroatoms. The maximum Gasteiger partial charge on any atom is 0.281 e. The third kappa shape index (κ3) is 4.71. The molecule has 0 spiro atoms. The van der Waals surface area contributed by atoms with Crippen molar-refractivity contribution in [3.63, 3.8) is 0 Å². The molecule has 8 nitrogen and oxygen atoms in total. The highest BCUT2D eigenvalue weighted by Gasteiger charge is 2.25. The molecule has 0 heterocycles. The van der Waals surface area contributed by atoms with E-state index in [1.54, 1.807) is 0 Å². The van der Waals surface area contributed by atoms with Crippen LogP contribution in [0.25, 0.3) is 0 Å². The Morgan fingerprint density at radius 3 is 2.19 bits per heavy atom. The Morgan fingerprint density at radius 2 is 1.88 bits per heavy atom. The second-order valence-corrected chi connectivity index (χ2v) is 3.30. The molecular formula is C8H13N2O6-. The molecule has 0 unspecified atom stereocenters. The second kappa shape index (κ2) is 6.03. The molecule has 0 saturated heterocycles. The summed E-state index contributed by atoms with van der Waals surface area (Å²) in [6.07, 6.45) is -1.98. The van der Waals surface area contributed by atoms with Gasteiger partial charge in [-0.25, -0.2) is 0 Å². The molecule has 0 fully saturated rings. The number of carbonyl (C=O) groups is 3. The van der Waals surface area contributed by atoms with Gasteiger partial charge in [0.15, 0.2) is 6.04 Å². The molecule has 16 heavy (non-hydrogen) atoms. The van der Waals surface area contributed by atoms with E-state index < -0.39 is 42.5 Å². The maximum absolute atomic E-state index is 11.2. The quantitative estimate of drug-likeness (QED) is 0.415. The molecule has 0 saturated carbocycles. The molecular weight excluding hydrogens is 220 g/mol. The molecule has 0 aliphatic heterocycles. The largest absolute Gasteiger partial charge is 0.550 e. The van der Waals surface area contributed by atoms with Crippen molar-refractivity contribution in [3.05, 3.63) is 0 Å². The molecule has 0 aromatic rings. The topological polar surface area (TPSA) is 157 Å². The van der Waals surface area contributed by atoms with Gasteiger partial charge in [0.25, 0.3) is 5.91 Å². The highest BCUT2D eigenvalue weighted by molar-refractivity contribution is 5.87. The van der Waals surface area contributed by atoms with Crippen LogP contribution < -0.4 is 21.3 Å². The van der Waals surface area contributed by atoms with Crippen LogP contribution in [0.4, 0.5) is 0 Å². The molecule has 0 aliphatic carbocycles. The van der Waals surface area contributed by atoms with E-state index in [1.807, 2.05) is 5.32 Å². The summed E-state index contributed by atoms with van der Waals surface area (Å²) >= 11 is 0. The summed E-state index contributed by atoms with van der Waals surface area (Å²) in [4.78, 5) is 31.9. The van der Waals surface area contributed by atoms with E-state index in [1.165, 1.54) is 6.92 Å². The van der Waals surface area contributed by atoms with E-state index in [0.29, 0.717) is 0 Å². The smallest absolute Gasteiger partial charge is 0.281 e. The average Bonchev–Trinajstić information content (AvgIpc) is 2.14. The molecule has 0 aromatic heterocycles. The third-order valence-corrected chi connectivity index (χ3v) is 1.89. The summed E-state index contributed by atoms with van der Waals surface area (Å²) in [5, 5.41) is 31.5. The number of nitrogens with one attached hydrogen (secondary N) is 1. The number of aliphatic carboxylic acids is 2. The number of quaternary nitrogens is 1. The zero-order chi connectivity index (χ0) is 12.9. The van der Waals surface area contributed by atoms with Crippen molar-refractivity contribution in [3.8, 4) is 0 Å². The van der Waals surface area contributed by atoms with Crippen molar-refractivity contribution in [2.24, 2.45) is 0 Å². The minimum atomic E-state index is -1.74. The van der Waals surface area contributed by atoms with Crippen molar-refractivity contribution in [2.45, 2.75) is 31.5 Å². The Hall–Kier alpha value is -1.67. The van der Waals surface area contributed by atoms with Gasteiger partial charge in [0, 0.05) is 12.4 Å². The normalized spacial score (nSPS) is 15.9. The van der Waals surface area contributed by atoms with Crippen LogP contribution >= 0.6 is 0 Å². The van der Waals surface area contributed by atoms with Crippen LogP contribution in [0.1, 0.15) is 13.3 Å². The van der Waals surface area contributed by atoms with Gasteiger partial charge in [-0.1, -0.05) is 0 Å². The SMILES string of the molecule is C[C@@H](O)[C@H]([NH3+])C(=O)N[C@@H](CC(=O)[O-])C(=O)[O-]. The van der Waals surface area contributed by atoms with Gasteiger partial charge >= 0.3 is 0 Å². The number of hydrogen-bond acceptors (Lipinski definition) is 6. The van der Waals surface area contributed by atoms with Crippen LogP contribution in [0.2, 0.25) is 0 Å². The Bertz CT molecular complexity index is 290. The van der Waals surface area contributed by atoms with Crippen LogP contribution in [-0.4, -0.2) is 41.1 Å². The summed E-state index contributed by atoms with van der Waals surface area (Å²) in [5.41, 5.74) is 3.29. The fourth-order valence-corrected chi connectivity index (χ4v) is 0.858. The molecule has 92 valence electrons. The first kappa shape index (κ1) is 14.3. The van der Waals surface area contributed by atoms with E-state index >= 15 is 0 Å². The Balaban J connectivity index is 4.46. The van der Waals surface area contributed by atoms with E-state index in [4.69, 9.17) is 5.11 Å². The van der Waals surface area contributed by atoms with E-state index in [0.717, 1.165) is 0 Å². The lowest BCUT2D eigenvalue weighted by Gasteiger charge is -2.21. The monoisotopic (exact) mass is 233 g/mol. The standard InChI is InChI=1S/C8H14N2O6/c1-3(11)6(9)7(14)10-4(8(15)16)2-5(12)13/h3-4,6,11H,2,9H2,1H3,(H,10,14)(H,12,13)(H,15,16)/p-1/t3-,4+,6+/m1/s1. The number of rotatable bonds is 6. The van der Waals surface area contributed by atoms with Gasteiger partial charge in [-0.15, -0.1) is 0 Å². The van der Waals surface area contributed by atoms with Crippen LogP contribution in [0, 0.1) is 0 Å². The van der Waals surface area contributed by atoms with Crippen molar-refractivity contribution in [2.75, 3.05) is 0 Å². The van der Waals surface area contributed by atoms with Crippen molar-refractivity contribution < 1.29 is 35.4 Å². The van der Waals surface area contributed by atoms with Gasteiger partial charge in [-0.3, -0.25) is 4.79 Å². The molecule has 1 amide bonds. The summed E-state index contributed by atoms with van der Waals surface area (Å²) in [6.45, 7) is 1.30. The van der Waals surface area contributed by atoms with Crippen LogP contribution in [0.3, 0.4) is 0 Å². The summed E-state index contributed by atoms with van der Waals surface area (Å²) in [7, 11) is 0. The molecule has 0 bridgehead atoms. The van der Waals surface area contributed by atoms with Gasteiger partial charge in [-0.05, 0) is 6.92 Å². The zero-order valence-corrected chi connectivity index (χ0v) is 8.63. The minimum absolute atomic E-state index is 0.870. The number of aliphatic hydroxyl groups is 1. The zero-order valence-electron chi connectivity index (χ0n) is 8.63. The molecule has 5 N–H and O–H groups in total. The van der Waals surface area contributed by atoms with Crippen LogP contribution in [0.15, 0.2) is 0 Å². The molecule has 0 rings (SSSR count). The van der Waals surface area contributed by atoms with Crippen LogP contribution in [-0.2, 0) is 14.4 Å². The predicted molar refractivity (Wildman–Crippen MR) is 44.9 cm³/mol. The average molecular weight is 233 g/mol. The highest BCUT2D eigenvalue weighted by Crippen LogP contribution is 1.93. The summed E-state index contributed by atoms with van der Waals surface area (Å²) < 4.78 is 0. The van der Waals surface area contributed by atoms with Crippen molar-refractivity contribution in [1.29, 1.82) is 0 Å². The Morgan fingerprint density at radius 1 is 1.38 bits per heavy atom. The van der Waals surface area contributed by atoms with Crippen molar-refractivity contribution in [1.82, 2.24) is 5.32 Å². The number of hydrogen-bond donors (Lipinski definition) is 3. The number of carbonyl (C=O) groups excluding carboxylic acids is 3. The summed E-state index contributed by atoms with van der Waals surface area (Å²) in [6, 6.07) is -2.79. The molecule has 0 aliphatic rings. The van der Waals surface area contributed by atoms with Gasteiger partial charge in [0.05, 0.1) is 12.0 Å². The predicted octanol–water partition coefficient (Wildman–Crippen LogP) is -5.65. The second-order valence-electron chi connectivity index (χ2n) is 3.30. The number of carboxylic acid groups (broad SMARTS) is 2. The number of carboxylic acids is 2. The molecule has 0 aromatic carbocycles. The van der Waals surface area contributed by atoms with Gasteiger partial charge in [-0.2, -0.15) is 0 Å². The van der Waals surface area contributed by atoms with Gasteiger partial charge in [0.1, 0.15) is 6.10 Å². The number of aliphatic hydroxyl groups excluding tert-OH is 1. The van der Waals surface area contributed by atoms with E-state index in [2.05, 4.69) is 5.73 Å². The summed E-state index contributed by atoms with van der Waals surface area (Å²) in [5.74, 6) is -4.24. The maximum atomic E-state index is 11.2.